The van der Waals surface area contributed by atoms with E-state index in [1.807, 2.05) is 0 Å². The van der Waals surface area contributed by atoms with E-state index in [0.29, 0.717) is 10.8 Å². The van der Waals surface area contributed by atoms with Gasteiger partial charge in [0, 0.05) is 4.91 Å². The molecular formula is C7H10F3NS. The van der Waals surface area contributed by atoms with Crippen molar-refractivity contribution in [3.05, 3.63) is 10.6 Å². The van der Waals surface area contributed by atoms with Crippen LogP contribution < -0.4 is 5.32 Å². The molecule has 0 spiro atoms. The van der Waals surface area contributed by atoms with Gasteiger partial charge >= 0.3 is 6.18 Å². The van der Waals surface area contributed by atoms with Crippen molar-refractivity contribution in [2.24, 2.45) is 5.92 Å². The van der Waals surface area contributed by atoms with Gasteiger partial charge in [-0.25, -0.2) is 0 Å². The van der Waals surface area contributed by atoms with Gasteiger partial charge in [-0.2, -0.15) is 13.2 Å². The Hall–Kier alpha value is -0.320. The second kappa shape index (κ2) is 3.20. The van der Waals surface area contributed by atoms with Gasteiger partial charge in [0.15, 0.2) is 0 Å². The summed E-state index contributed by atoms with van der Waals surface area (Å²) < 4.78 is 36.7. The average Bonchev–Trinajstić information content (AvgIpc) is 2.30. The van der Waals surface area contributed by atoms with Gasteiger partial charge < -0.3 is 5.32 Å². The van der Waals surface area contributed by atoms with Gasteiger partial charge in [-0.3, -0.25) is 0 Å². The minimum absolute atomic E-state index is 0.0541. The highest BCUT2D eigenvalue weighted by atomic mass is 32.2. The fourth-order valence-corrected chi connectivity index (χ4v) is 2.08. The number of hydrogen-bond acceptors (Lipinski definition) is 2. The van der Waals surface area contributed by atoms with Crippen LogP contribution in [0.4, 0.5) is 13.2 Å². The van der Waals surface area contributed by atoms with E-state index in [1.54, 1.807) is 13.8 Å². The molecule has 0 aromatic rings. The van der Waals surface area contributed by atoms with Crippen molar-refractivity contribution < 1.29 is 13.2 Å². The largest absolute Gasteiger partial charge is 0.431 e. The van der Waals surface area contributed by atoms with E-state index in [-0.39, 0.29) is 5.92 Å². The van der Waals surface area contributed by atoms with Crippen LogP contribution in [0.5, 0.6) is 0 Å². The monoisotopic (exact) mass is 197 g/mol. The molecular weight excluding hydrogens is 187 g/mol. The Balaban J connectivity index is 2.92. The third-order valence-electron chi connectivity index (χ3n) is 1.53. The fourth-order valence-electron chi connectivity index (χ4n) is 1.04. The molecule has 12 heavy (non-hydrogen) atoms. The highest BCUT2D eigenvalue weighted by Crippen LogP contribution is 2.38. The molecule has 1 heterocycles. The van der Waals surface area contributed by atoms with Gasteiger partial charge in [-0.05, 0) is 5.92 Å². The molecule has 0 bridgehead atoms. The Bertz CT molecular complexity index is 207. The normalized spacial score (nSPS) is 18.8. The number of hydrogen-bond donors (Lipinski definition) is 1. The summed E-state index contributed by atoms with van der Waals surface area (Å²) in [6.07, 6.45) is -4.22. The molecule has 0 aliphatic carbocycles. The molecule has 0 amide bonds. The van der Waals surface area contributed by atoms with Gasteiger partial charge in [0.2, 0.25) is 0 Å². The maximum Gasteiger partial charge on any atom is 0.431 e. The van der Waals surface area contributed by atoms with Crippen molar-refractivity contribution in [2.75, 3.05) is 5.88 Å². The number of nitrogens with one attached hydrogen (secondary N) is 1. The second-order valence-corrected chi connectivity index (χ2v) is 3.87. The van der Waals surface area contributed by atoms with E-state index in [1.165, 1.54) is 11.8 Å². The molecule has 0 saturated heterocycles. The Kier molecular flexibility index (Phi) is 2.61. The summed E-state index contributed by atoms with van der Waals surface area (Å²) in [5.41, 5.74) is -0.553. The first-order chi connectivity index (χ1) is 5.43. The topological polar surface area (TPSA) is 12.0 Å². The molecule has 1 aliphatic rings. The van der Waals surface area contributed by atoms with E-state index in [9.17, 15) is 13.2 Å². The van der Waals surface area contributed by atoms with E-state index in [2.05, 4.69) is 5.32 Å². The molecule has 0 unspecified atom stereocenters. The molecule has 1 rings (SSSR count). The number of alkyl halides is 3. The van der Waals surface area contributed by atoms with Gasteiger partial charge in [0.25, 0.3) is 0 Å². The highest BCUT2D eigenvalue weighted by molar-refractivity contribution is 8.03. The molecule has 1 aliphatic heterocycles. The first-order valence-electron chi connectivity index (χ1n) is 3.61. The van der Waals surface area contributed by atoms with Crippen LogP contribution in [-0.4, -0.2) is 12.1 Å². The van der Waals surface area contributed by atoms with Crippen molar-refractivity contribution in [1.82, 2.24) is 5.32 Å². The number of halogens is 3. The van der Waals surface area contributed by atoms with Crippen LogP contribution in [0.3, 0.4) is 0 Å². The number of allylic oxidation sites excluding steroid dienone is 2. The standard InChI is InChI=1S/C7H10F3NS/c1-4(2)5-6(7(8,9)10)11-3-12-5/h4,11H,3H2,1-2H3. The van der Waals surface area contributed by atoms with Crippen molar-refractivity contribution in [3.63, 3.8) is 0 Å². The summed E-state index contributed by atoms with van der Waals surface area (Å²) in [4.78, 5) is 0.419. The molecule has 1 N–H and O–H groups in total. The van der Waals surface area contributed by atoms with Crippen LogP contribution in [-0.2, 0) is 0 Å². The molecule has 0 atom stereocenters. The van der Waals surface area contributed by atoms with Gasteiger partial charge in [-0.15, -0.1) is 11.8 Å². The zero-order chi connectivity index (χ0) is 9.35. The van der Waals surface area contributed by atoms with Crippen molar-refractivity contribution >= 4 is 11.8 Å². The molecule has 0 saturated carbocycles. The Morgan fingerprint density at radius 1 is 1.42 bits per heavy atom. The lowest BCUT2D eigenvalue weighted by Crippen LogP contribution is -2.23. The zero-order valence-corrected chi connectivity index (χ0v) is 7.64. The molecule has 5 heteroatoms. The summed E-state index contributed by atoms with van der Waals surface area (Å²) in [5.74, 6) is 0.282. The molecule has 0 fully saturated rings. The summed E-state index contributed by atoms with van der Waals surface area (Å²) in [6, 6.07) is 0. The molecule has 0 radical (unpaired) electrons. The Morgan fingerprint density at radius 3 is 2.33 bits per heavy atom. The summed E-state index contributed by atoms with van der Waals surface area (Å²) >= 11 is 1.23. The van der Waals surface area contributed by atoms with Crippen molar-refractivity contribution in [2.45, 2.75) is 20.0 Å². The maximum absolute atomic E-state index is 12.2. The number of thioether (sulfide) groups is 1. The van der Waals surface area contributed by atoms with Crippen molar-refractivity contribution in [3.8, 4) is 0 Å². The van der Waals surface area contributed by atoms with Crippen LogP contribution >= 0.6 is 11.8 Å². The van der Waals surface area contributed by atoms with Gasteiger partial charge in [0.05, 0.1) is 5.88 Å². The van der Waals surface area contributed by atoms with E-state index < -0.39 is 11.9 Å². The third-order valence-corrected chi connectivity index (χ3v) is 2.81. The van der Waals surface area contributed by atoms with E-state index >= 15 is 0 Å². The molecule has 0 aromatic heterocycles. The zero-order valence-electron chi connectivity index (χ0n) is 6.83. The van der Waals surface area contributed by atoms with Crippen molar-refractivity contribution in [1.29, 1.82) is 0 Å². The SMILES string of the molecule is CC(C)C1=C(C(F)(F)F)NCS1. The smallest absolute Gasteiger partial charge is 0.371 e. The molecule has 70 valence electrons. The Morgan fingerprint density at radius 2 is 2.00 bits per heavy atom. The van der Waals surface area contributed by atoms with E-state index in [4.69, 9.17) is 0 Å². The van der Waals surface area contributed by atoms with Crippen LogP contribution in [0.15, 0.2) is 10.6 Å². The highest BCUT2D eigenvalue weighted by Gasteiger charge is 2.39. The van der Waals surface area contributed by atoms with Crippen LogP contribution in [0.2, 0.25) is 0 Å². The van der Waals surface area contributed by atoms with Crippen LogP contribution in [0.1, 0.15) is 13.8 Å². The molecule has 1 nitrogen and oxygen atoms in total. The Labute approximate surface area is 73.4 Å². The molecule has 0 aromatic carbocycles. The lowest BCUT2D eigenvalue weighted by Gasteiger charge is -2.11. The predicted molar refractivity (Wildman–Crippen MR) is 43.5 cm³/mol. The van der Waals surface area contributed by atoms with Gasteiger partial charge in [-0.1, -0.05) is 13.8 Å². The lowest BCUT2D eigenvalue weighted by atomic mass is 10.2. The van der Waals surface area contributed by atoms with E-state index in [0.717, 1.165) is 0 Å². The second-order valence-electron chi connectivity index (χ2n) is 2.86. The van der Waals surface area contributed by atoms with Gasteiger partial charge in [0.1, 0.15) is 5.70 Å². The lowest BCUT2D eigenvalue weighted by molar-refractivity contribution is -0.0965. The van der Waals surface area contributed by atoms with Crippen LogP contribution in [0, 0.1) is 5.92 Å². The predicted octanol–water partition coefficient (Wildman–Crippen LogP) is 2.71. The first-order valence-corrected chi connectivity index (χ1v) is 4.59. The summed E-state index contributed by atoms with van der Waals surface area (Å²) in [6.45, 7) is 3.53. The van der Waals surface area contributed by atoms with Crippen LogP contribution in [0.25, 0.3) is 0 Å². The first kappa shape index (κ1) is 9.77. The minimum atomic E-state index is -4.22. The number of rotatable bonds is 1. The average molecular weight is 197 g/mol. The fraction of sp³-hybridized carbons (Fsp3) is 0.714. The summed E-state index contributed by atoms with van der Waals surface area (Å²) in [5, 5.41) is 2.35. The third kappa shape index (κ3) is 1.88. The maximum atomic E-state index is 12.2. The quantitative estimate of drug-likeness (QED) is 0.693. The minimum Gasteiger partial charge on any atom is -0.371 e. The summed E-state index contributed by atoms with van der Waals surface area (Å²) in [7, 11) is 0.